The number of pyridine rings is 1. The first kappa shape index (κ1) is 29.6. The number of hydrogen-bond acceptors (Lipinski definition) is 8. The summed E-state index contributed by atoms with van der Waals surface area (Å²) >= 11 is 3.84. The molecular formula is C20H21F6N3O5S2. The molecule has 36 heavy (non-hydrogen) atoms. The van der Waals surface area contributed by atoms with Crippen LogP contribution in [0.25, 0.3) is 0 Å². The van der Waals surface area contributed by atoms with Gasteiger partial charge in [0.15, 0.2) is 0 Å². The molecule has 8 nitrogen and oxygen atoms in total. The number of ether oxygens (including phenoxy) is 1. The molecule has 2 fully saturated rings. The molecule has 4 heterocycles. The van der Waals surface area contributed by atoms with Crippen molar-refractivity contribution in [2.75, 3.05) is 18.8 Å². The Labute approximate surface area is 209 Å². The molecule has 2 aliphatic heterocycles. The smallest absolute Gasteiger partial charge is 0.475 e. The summed E-state index contributed by atoms with van der Waals surface area (Å²) in [7, 11) is 0. The van der Waals surface area contributed by atoms with E-state index in [0.29, 0.717) is 10.9 Å². The highest BCUT2D eigenvalue weighted by Crippen LogP contribution is 2.46. The number of carboxylic acid groups (broad SMARTS) is 2. The first-order chi connectivity index (χ1) is 16.6. The largest absolute Gasteiger partial charge is 0.490 e. The van der Waals surface area contributed by atoms with Gasteiger partial charge in [-0.05, 0) is 13.0 Å². The highest BCUT2D eigenvalue weighted by atomic mass is 32.2. The number of aliphatic carboxylic acids is 2. The number of carbonyl (C=O) groups is 2. The Morgan fingerprint density at radius 3 is 2.14 bits per heavy atom. The van der Waals surface area contributed by atoms with E-state index >= 15 is 0 Å². The van der Waals surface area contributed by atoms with Crippen LogP contribution >= 0.6 is 23.1 Å². The van der Waals surface area contributed by atoms with E-state index in [2.05, 4.69) is 33.6 Å². The van der Waals surface area contributed by atoms with Gasteiger partial charge in [-0.15, -0.1) is 23.1 Å². The van der Waals surface area contributed by atoms with Crippen molar-refractivity contribution < 1.29 is 50.9 Å². The van der Waals surface area contributed by atoms with Crippen LogP contribution in [-0.2, 0) is 16.1 Å². The van der Waals surface area contributed by atoms with E-state index in [-0.39, 0.29) is 0 Å². The Kier molecular flexibility index (Phi) is 9.96. The zero-order valence-electron chi connectivity index (χ0n) is 18.5. The summed E-state index contributed by atoms with van der Waals surface area (Å²) in [6, 6.07) is 5.83. The van der Waals surface area contributed by atoms with E-state index < -0.39 is 24.3 Å². The van der Waals surface area contributed by atoms with Crippen LogP contribution in [0.3, 0.4) is 0 Å². The normalized spacial score (nSPS) is 18.8. The fourth-order valence-electron chi connectivity index (χ4n) is 3.25. The number of aryl methyl sites for hydroxylation is 1. The summed E-state index contributed by atoms with van der Waals surface area (Å²) in [6.45, 7) is 5.47. The number of nitrogens with zero attached hydrogens (tertiary/aromatic N) is 3. The highest BCUT2D eigenvalue weighted by molar-refractivity contribution is 8.01. The van der Waals surface area contributed by atoms with Crippen LogP contribution in [0, 0.1) is 6.92 Å². The molecule has 1 atom stereocenters. The van der Waals surface area contributed by atoms with Crippen molar-refractivity contribution in [3.63, 3.8) is 0 Å². The van der Waals surface area contributed by atoms with Crippen molar-refractivity contribution in [3.8, 4) is 5.88 Å². The van der Waals surface area contributed by atoms with Gasteiger partial charge in [0.25, 0.3) is 0 Å². The number of likely N-dealkylation sites (tertiary alicyclic amines) is 1. The second-order valence-corrected chi connectivity index (χ2v) is 10.1. The quantitative estimate of drug-likeness (QED) is 0.529. The lowest BCUT2D eigenvalue weighted by molar-refractivity contribution is -0.193. The molecule has 0 saturated carbocycles. The molecule has 1 spiro atoms. The summed E-state index contributed by atoms with van der Waals surface area (Å²) in [5, 5.41) is 14.2. The fourth-order valence-corrected chi connectivity index (χ4v) is 5.64. The Bertz CT molecular complexity index is 989. The Balaban J connectivity index is 0.000000271. The molecule has 0 bridgehead atoms. The van der Waals surface area contributed by atoms with Gasteiger partial charge in [0, 0.05) is 53.7 Å². The Morgan fingerprint density at radius 1 is 1.11 bits per heavy atom. The molecule has 2 saturated heterocycles. The zero-order chi connectivity index (χ0) is 27.1. The van der Waals surface area contributed by atoms with Crippen LogP contribution in [0.15, 0.2) is 29.9 Å². The SMILES string of the molecule is Cc1ncsc1CN1CC2(CC(Oc3ccccn3)CS2)C1.O=C(O)C(F)(F)F.O=C(O)C(F)(F)F. The van der Waals surface area contributed by atoms with E-state index in [1.165, 1.54) is 10.6 Å². The third-order valence-corrected chi connectivity index (χ3v) is 7.32. The van der Waals surface area contributed by atoms with E-state index in [1.54, 1.807) is 17.5 Å². The molecule has 2 aromatic heterocycles. The number of hydrogen-bond donors (Lipinski definition) is 2. The average molecular weight is 562 g/mol. The third-order valence-electron chi connectivity index (χ3n) is 4.82. The number of thiazole rings is 1. The molecule has 16 heteroatoms. The van der Waals surface area contributed by atoms with Gasteiger partial charge >= 0.3 is 24.3 Å². The van der Waals surface area contributed by atoms with Crippen LogP contribution in [0.2, 0.25) is 0 Å². The van der Waals surface area contributed by atoms with Gasteiger partial charge in [-0.2, -0.15) is 26.3 Å². The van der Waals surface area contributed by atoms with E-state index in [0.717, 1.165) is 37.7 Å². The fraction of sp³-hybridized carbons (Fsp3) is 0.500. The minimum atomic E-state index is -5.08. The maximum absolute atomic E-state index is 10.6. The van der Waals surface area contributed by atoms with Crippen molar-refractivity contribution >= 4 is 35.0 Å². The van der Waals surface area contributed by atoms with Crippen LogP contribution < -0.4 is 4.74 Å². The number of thioether (sulfide) groups is 1. The van der Waals surface area contributed by atoms with Gasteiger partial charge in [0.2, 0.25) is 5.88 Å². The maximum atomic E-state index is 10.6. The first-order valence-corrected chi connectivity index (χ1v) is 11.9. The van der Waals surface area contributed by atoms with E-state index in [4.69, 9.17) is 24.5 Å². The van der Waals surface area contributed by atoms with E-state index in [9.17, 15) is 26.3 Å². The lowest BCUT2D eigenvalue weighted by atomic mass is 9.93. The number of carboxylic acids is 2. The molecule has 2 aromatic rings. The lowest BCUT2D eigenvalue weighted by Crippen LogP contribution is -2.58. The second kappa shape index (κ2) is 12.1. The van der Waals surface area contributed by atoms with Crippen LogP contribution in [0.5, 0.6) is 5.88 Å². The summed E-state index contributed by atoms with van der Waals surface area (Å²) in [4.78, 5) is 30.3. The molecule has 4 rings (SSSR count). The Hall–Kier alpha value is -2.59. The topological polar surface area (TPSA) is 113 Å². The molecule has 0 radical (unpaired) electrons. The van der Waals surface area contributed by atoms with Crippen molar-refractivity contribution in [2.45, 2.75) is 43.1 Å². The van der Waals surface area contributed by atoms with Gasteiger partial charge < -0.3 is 14.9 Å². The second-order valence-electron chi connectivity index (χ2n) is 7.72. The minimum Gasteiger partial charge on any atom is -0.475 e. The van der Waals surface area contributed by atoms with Crippen LogP contribution in [-0.4, -0.2) is 79.1 Å². The predicted molar refractivity (Wildman–Crippen MR) is 118 cm³/mol. The molecular weight excluding hydrogens is 540 g/mol. The summed E-state index contributed by atoms with van der Waals surface area (Å²) in [6.07, 6.45) is -6.95. The van der Waals surface area contributed by atoms with Crippen molar-refractivity contribution in [1.82, 2.24) is 14.9 Å². The van der Waals surface area contributed by atoms with E-state index in [1.807, 2.05) is 23.7 Å². The number of alkyl halides is 6. The first-order valence-electron chi connectivity index (χ1n) is 10.0. The van der Waals surface area contributed by atoms with Gasteiger partial charge in [-0.1, -0.05) is 6.07 Å². The summed E-state index contributed by atoms with van der Waals surface area (Å²) in [5.41, 5.74) is 3.13. The zero-order valence-corrected chi connectivity index (χ0v) is 20.2. The Morgan fingerprint density at radius 2 is 1.69 bits per heavy atom. The van der Waals surface area contributed by atoms with Crippen molar-refractivity contribution in [2.24, 2.45) is 0 Å². The van der Waals surface area contributed by atoms with Gasteiger partial charge in [-0.3, -0.25) is 4.90 Å². The van der Waals surface area contributed by atoms with Crippen molar-refractivity contribution in [1.29, 1.82) is 0 Å². The van der Waals surface area contributed by atoms with Crippen LogP contribution in [0.4, 0.5) is 26.3 Å². The number of halogens is 6. The van der Waals surface area contributed by atoms with Crippen LogP contribution in [0.1, 0.15) is 17.0 Å². The molecule has 200 valence electrons. The predicted octanol–water partition coefficient (Wildman–Crippen LogP) is 4.25. The molecule has 0 aliphatic carbocycles. The number of aromatic nitrogens is 2. The maximum Gasteiger partial charge on any atom is 0.490 e. The number of rotatable bonds is 4. The van der Waals surface area contributed by atoms with Gasteiger partial charge in [-0.25, -0.2) is 19.6 Å². The third kappa shape index (κ3) is 9.13. The minimum absolute atomic E-state index is 0.298. The summed E-state index contributed by atoms with van der Waals surface area (Å²) in [5.74, 6) is -3.69. The lowest BCUT2D eigenvalue weighted by Gasteiger charge is -2.47. The highest BCUT2D eigenvalue weighted by Gasteiger charge is 2.49. The monoisotopic (exact) mass is 561 g/mol. The van der Waals surface area contributed by atoms with Gasteiger partial charge in [0.1, 0.15) is 6.10 Å². The standard InChI is InChI=1S/C16H19N3OS2.2C2HF3O2/c1-12-14(21-11-18-12)7-19-9-16(10-19)6-13(8-22-16)20-15-4-2-3-5-17-15;2*3-2(4,5)1(6)7/h2-5,11,13H,6-10H2,1H3;2*(H,6,7). The molecule has 1 unspecified atom stereocenters. The molecule has 2 aliphatic rings. The average Bonchev–Trinajstić information content (AvgIpc) is 3.35. The van der Waals surface area contributed by atoms with Crippen molar-refractivity contribution in [3.05, 3.63) is 40.5 Å². The molecule has 0 aromatic carbocycles. The van der Waals surface area contributed by atoms with Gasteiger partial charge in [0.05, 0.1) is 11.2 Å². The molecule has 2 N–H and O–H groups in total. The molecule has 0 amide bonds. The summed E-state index contributed by atoms with van der Waals surface area (Å²) < 4.78 is 69.9.